The lowest BCUT2D eigenvalue weighted by atomic mass is 10.1. The number of aliphatic hydroxyl groups excluding tert-OH is 2. The molecule has 3 N–H and O–H groups in total. The van der Waals surface area contributed by atoms with E-state index in [-0.39, 0.29) is 30.6 Å². The Bertz CT molecular complexity index is 1380. The zero-order chi connectivity index (χ0) is 24.5. The number of carbonyl (C=O) groups excluding carboxylic acids is 1. The Balaban J connectivity index is 1.43. The molecule has 180 valence electrons. The number of anilines is 1. The van der Waals surface area contributed by atoms with Crippen molar-refractivity contribution in [1.29, 1.82) is 0 Å². The van der Waals surface area contributed by atoms with Crippen LogP contribution in [0, 0.1) is 5.82 Å². The van der Waals surface area contributed by atoms with Gasteiger partial charge >= 0.3 is 0 Å². The van der Waals surface area contributed by atoms with E-state index in [2.05, 4.69) is 25.4 Å². The molecule has 0 saturated heterocycles. The Labute approximate surface area is 200 Å². The molecule has 0 bridgehead atoms. The highest BCUT2D eigenvalue weighted by molar-refractivity contribution is 6.04. The Hall–Kier alpha value is -3.96. The van der Waals surface area contributed by atoms with E-state index in [9.17, 15) is 19.4 Å². The minimum absolute atomic E-state index is 0.128. The molecular formula is C24H24FN7O3. The number of nitrogens with one attached hydrogen (secondary N) is 1. The fourth-order valence-electron chi connectivity index (χ4n) is 3.85. The van der Waals surface area contributed by atoms with Gasteiger partial charge in [-0.05, 0) is 44.0 Å². The van der Waals surface area contributed by atoms with Crippen LogP contribution in [0.25, 0.3) is 17.2 Å². The van der Waals surface area contributed by atoms with Crippen LogP contribution in [0.1, 0.15) is 53.3 Å². The number of benzene rings is 1. The quantitative estimate of drug-likeness (QED) is 0.356. The standard InChI is InChI=1S/C24H24FN7O3/c1-14(10-33)32-23(26-12-28-32)19-3-2-4-22(29-19)30-24(35)17-8-21(16(11-34)7-18(17)25)31-9-20(27-13-31)15-5-6-15/h2-4,7-9,12-15,33-34H,5-6,10-11H2,1H3,(H,29,30,35)/t14-/m1/s1. The average Bonchev–Trinajstić information content (AvgIpc) is 3.39. The number of carbonyl (C=O) groups is 1. The van der Waals surface area contributed by atoms with Crippen molar-refractivity contribution >= 4 is 11.7 Å². The SMILES string of the molecule is C[C@H](CO)n1ncnc1-c1cccc(NC(=O)c2cc(-n3cnc(C4CC4)c3)c(CO)cc2F)n1. The lowest BCUT2D eigenvalue weighted by molar-refractivity contribution is 0.102. The van der Waals surface area contributed by atoms with E-state index in [0.29, 0.717) is 28.7 Å². The largest absolute Gasteiger partial charge is 0.394 e. The van der Waals surface area contributed by atoms with Crippen LogP contribution >= 0.6 is 0 Å². The molecule has 1 aromatic carbocycles. The summed E-state index contributed by atoms with van der Waals surface area (Å²) in [4.78, 5) is 26.0. The van der Waals surface area contributed by atoms with Gasteiger partial charge in [0.1, 0.15) is 23.7 Å². The van der Waals surface area contributed by atoms with E-state index in [1.165, 1.54) is 17.1 Å². The van der Waals surface area contributed by atoms with Gasteiger partial charge in [0.15, 0.2) is 5.82 Å². The Morgan fingerprint density at radius 2 is 2.09 bits per heavy atom. The number of rotatable bonds is 8. The fraction of sp³-hybridized carbons (Fsp3) is 0.292. The maximum absolute atomic E-state index is 14.9. The fourth-order valence-corrected chi connectivity index (χ4v) is 3.85. The third-order valence-electron chi connectivity index (χ3n) is 5.93. The maximum atomic E-state index is 14.9. The molecule has 3 aromatic heterocycles. The number of imidazole rings is 1. The van der Waals surface area contributed by atoms with Crippen LogP contribution in [0.5, 0.6) is 0 Å². The molecule has 3 heterocycles. The molecule has 0 radical (unpaired) electrons. The van der Waals surface area contributed by atoms with Crippen molar-refractivity contribution in [2.24, 2.45) is 0 Å². The first-order valence-corrected chi connectivity index (χ1v) is 11.2. The molecule has 1 saturated carbocycles. The lowest BCUT2D eigenvalue weighted by Gasteiger charge is -2.13. The van der Waals surface area contributed by atoms with Gasteiger partial charge in [0.2, 0.25) is 0 Å². The first-order valence-electron chi connectivity index (χ1n) is 11.2. The molecule has 5 rings (SSSR count). The molecule has 0 aliphatic heterocycles. The van der Waals surface area contributed by atoms with Crippen molar-refractivity contribution in [2.75, 3.05) is 11.9 Å². The predicted molar refractivity (Wildman–Crippen MR) is 124 cm³/mol. The predicted octanol–water partition coefficient (Wildman–Crippen LogP) is 2.84. The van der Waals surface area contributed by atoms with E-state index in [1.807, 2.05) is 6.20 Å². The molecule has 10 nitrogen and oxygen atoms in total. The summed E-state index contributed by atoms with van der Waals surface area (Å²) >= 11 is 0. The van der Waals surface area contributed by atoms with Gasteiger partial charge in [0, 0.05) is 17.7 Å². The zero-order valence-electron chi connectivity index (χ0n) is 19.0. The van der Waals surface area contributed by atoms with Crippen LogP contribution in [0.4, 0.5) is 10.2 Å². The van der Waals surface area contributed by atoms with Gasteiger partial charge < -0.3 is 20.1 Å². The molecule has 35 heavy (non-hydrogen) atoms. The number of halogens is 1. The summed E-state index contributed by atoms with van der Waals surface area (Å²) in [5.41, 5.74) is 2.00. The number of aromatic nitrogens is 6. The summed E-state index contributed by atoms with van der Waals surface area (Å²) in [7, 11) is 0. The first kappa shape index (κ1) is 22.8. The van der Waals surface area contributed by atoms with Gasteiger partial charge in [-0.1, -0.05) is 6.07 Å². The first-order chi connectivity index (χ1) is 17.0. The zero-order valence-corrected chi connectivity index (χ0v) is 19.0. The third kappa shape index (κ3) is 4.55. The van der Waals surface area contributed by atoms with Gasteiger partial charge in [-0.25, -0.2) is 24.0 Å². The van der Waals surface area contributed by atoms with Crippen molar-refractivity contribution in [3.05, 3.63) is 71.8 Å². The summed E-state index contributed by atoms with van der Waals surface area (Å²) in [6, 6.07) is 7.21. The minimum atomic E-state index is -0.759. The summed E-state index contributed by atoms with van der Waals surface area (Å²) in [6.45, 7) is 1.27. The van der Waals surface area contributed by atoms with Gasteiger partial charge in [-0.2, -0.15) is 5.10 Å². The topological polar surface area (TPSA) is 131 Å². The molecule has 1 fully saturated rings. The number of nitrogens with zero attached hydrogens (tertiary/aromatic N) is 6. The van der Waals surface area contributed by atoms with Crippen LogP contribution in [0.3, 0.4) is 0 Å². The van der Waals surface area contributed by atoms with Crippen molar-refractivity contribution in [1.82, 2.24) is 29.3 Å². The second-order valence-corrected chi connectivity index (χ2v) is 8.52. The molecule has 0 unspecified atom stereocenters. The molecule has 1 amide bonds. The highest BCUT2D eigenvalue weighted by Crippen LogP contribution is 2.39. The molecule has 0 spiro atoms. The van der Waals surface area contributed by atoms with Crippen LogP contribution in [-0.4, -0.2) is 52.0 Å². The van der Waals surface area contributed by atoms with E-state index < -0.39 is 11.7 Å². The van der Waals surface area contributed by atoms with Crippen molar-refractivity contribution in [3.63, 3.8) is 0 Å². The number of hydrogen-bond donors (Lipinski definition) is 3. The Morgan fingerprint density at radius 1 is 1.26 bits per heavy atom. The van der Waals surface area contributed by atoms with Crippen LogP contribution < -0.4 is 5.32 Å². The monoisotopic (exact) mass is 477 g/mol. The molecular weight excluding hydrogens is 453 g/mol. The second kappa shape index (κ2) is 9.35. The average molecular weight is 478 g/mol. The molecule has 11 heteroatoms. The molecule has 1 aliphatic carbocycles. The number of pyridine rings is 1. The van der Waals surface area contributed by atoms with Gasteiger partial charge in [0.05, 0.1) is 42.5 Å². The van der Waals surface area contributed by atoms with Gasteiger partial charge in [-0.15, -0.1) is 0 Å². The van der Waals surface area contributed by atoms with Crippen molar-refractivity contribution in [2.45, 2.75) is 38.3 Å². The Morgan fingerprint density at radius 3 is 2.83 bits per heavy atom. The van der Waals surface area contributed by atoms with Crippen LogP contribution in [0.2, 0.25) is 0 Å². The van der Waals surface area contributed by atoms with Gasteiger partial charge in [0.25, 0.3) is 5.91 Å². The van der Waals surface area contributed by atoms with Crippen LogP contribution in [0.15, 0.2) is 49.2 Å². The highest BCUT2D eigenvalue weighted by Gasteiger charge is 2.26. The third-order valence-corrected chi connectivity index (χ3v) is 5.93. The molecule has 1 aliphatic rings. The lowest BCUT2D eigenvalue weighted by Crippen LogP contribution is -2.17. The summed E-state index contributed by atoms with van der Waals surface area (Å²) in [5.74, 6) is -0.391. The van der Waals surface area contributed by atoms with Gasteiger partial charge in [-0.3, -0.25) is 4.79 Å². The van der Waals surface area contributed by atoms with Crippen LogP contribution in [-0.2, 0) is 6.61 Å². The van der Waals surface area contributed by atoms with Crippen molar-refractivity contribution in [3.8, 4) is 17.2 Å². The maximum Gasteiger partial charge on any atom is 0.259 e. The molecule has 4 aromatic rings. The summed E-state index contributed by atoms with van der Waals surface area (Å²) in [5, 5.41) is 26.0. The number of hydrogen-bond acceptors (Lipinski definition) is 7. The van der Waals surface area contributed by atoms with E-state index in [0.717, 1.165) is 24.6 Å². The van der Waals surface area contributed by atoms with E-state index in [1.54, 1.807) is 36.0 Å². The molecule has 1 atom stereocenters. The Kier molecular flexibility index (Phi) is 6.10. The van der Waals surface area contributed by atoms with E-state index in [4.69, 9.17) is 0 Å². The minimum Gasteiger partial charge on any atom is -0.394 e. The van der Waals surface area contributed by atoms with E-state index >= 15 is 0 Å². The smallest absolute Gasteiger partial charge is 0.259 e. The highest BCUT2D eigenvalue weighted by atomic mass is 19.1. The normalized spacial score (nSPS) is 14.2. The summed E-state index contributed by atoms with van der Waals surface area (Å²) in [6.07, 6.45) is 6.99. The second-order valence-electron chi connectivity index (χ2n) is 8.52. The van der Waals surface area contributed by atoms with Crippen molar-refractivity contribution < 1.29 is 19.4 Å². The number of aliphatic hydroxyl groups is 2. The summed E-state index contributed by atoms with van der Waals surface area (Å²) < 4.78 is 18.1. The number of amides is 1.